The number of anilines is 1. The number of hydrogen-bond donors (Lipinski definition) is 1. The lowest BCUT2D eigenvalue weighted by atomic mass is 9.99. The van der Waals surface area contributed by atoms with Gasteiger partial charge in [0.1, 0.15) is 11.9 Å². The summed E-state index contributed by atoms with van der Waals surface area (Å²) in [6, 6.07) is 5.69. The van der Waals surface area contributed by atoms with Crippen LogP contribution >= 0.6 is 0 Å². The molecular weight excluding hydrogens is 352 g/mol. The van der Waals surface area contributed by atoms with Crippen molar-refractivity contribution in [3.8, 4) is 0 Å². The molecule has 3 saturated heterocycles. The minimum Gasteiger partial charge on any atom is -0.351 e. The Morgan fingerprint density at radius 2 is 1.92 bits per heavy atom. The number of nitrogens with zero attached hydrogens (tertiary/aromatic N) is 3. The minimum atomic E-state index is -3.17. The van der Waals surface area contributed by atoms with Gasteiger partial charge in [-0.1, -0.05) is 6.07 Å². The average Bonchev–Trinajstić information content (AvgIpc) is 3.19. The highest BCUT2D eigenvalue weighted by Gasteiger charge is 2.46. The monoisotopic (exact) mass is 378 g/mol. The van der Waals surface area contributed by atoms with Crippen molar-refractivity contribution in [2.45, 2.75) is 62.7 Å². The smallest absolute Gasteiger partial charge is 0.242 e. The van der Waals surface area contributed by atoms with Gasteiger partial charge in [0.15, 0.2) is 0 Å². The maximum Gasteiger partial charge on any atom is 0.242 e. The van der Waals surface area contributed by atoms with Crippen LogP contribution in [0.4, 0.5) is 5.82 Å². The molecule has 0 spiro atoms. The van der Waals surface area contributed by atoms with E-state index in [9.17, 15) is 13.2 Å². The molecule has 0 aromatic carbocycles. The number of rotatable bonds is 4. The molecule has 1 N–H and O–H groups in total. The molecule has 142 valence electrons. The average molecular weight is 378 g/mol. The number of hydrogen-bond acceptors (Lipinski definition) is 5. The summed E-state index contributed by atoms with van der Waals surface area (Å²) in [6.45, 7) is 0.840. The van der Waals surface area contributed by atoms with Gasteiger partial charge in [0.05, 0.1) is 6.26 Å². The lowest BCUT2D eigenvalue weighted by Crippen LogP contribution is -2.54. The highest BCUT2D eigenvalue weighted by atomic mass is 32.2. The third-order valence-electron chi connectivity index (χ3n) is 5.89. The van der Waals surface area contributed by atoms with E-state index in [1.54, 1.807) is 10.5 Å². The normalized spacial score (nSPS) is 32.0. The predicted octanol–water partition coefficient (Wildman–Crippen LogP) is 1.12. The second kappa shape index (κ2) is 6.81. The van der Waals surface area contributed by atoms with Gasteiger partial charge in [0.25, 0.3) is 0 Å². The molecule has 1 aromatic heterocycles. The fraction of sp³-hybridized carbons (Fsp3) is 0.667. The van der Waals surface area contributed by atoms with E-state index in [1.165, 1.54) is 6.26 Å². The summed E-state index contributed by atoms with van der Waals surface area (Å²) >= 11 is 0. The molecule has 3 atom stereocenters. The molecule has 26 heavy (non-hydrogen) atoms. The van der Waals surface area contributed by atoms with E-state index in [2.05, 4.69) is 15.2 Å². The largest absolute Gasteiger partial charge is 0.351 e. The number of carbonyl (C=O) groups is 1. The van der Waals surface area contributed by atoms with Gasteiger partial charge in [-0.25, -0.2) is 13.4 Å². The summed E-state index contributed by atoms with van der Waals surface area (Å²) in [4.78, 5) is 19.4. The first-order valence-electron chi connectivity index (χ1n) is 9.40. The molecule has 0 saturated carbocycles. The van der Waals surface area contributed by atoms with E-state index in [-0.39, 0.29) is 30.1 Å². The fourth-order valence-corrected chi connectivity index (χ4v) is 6.39. The molecule has 1 aromatic rings. The second-order valence-electron chi connectivity index (χ2n) is 7.69. The zero-order valence-electron chi connectivity index (χ0n) is 15.0. The summed E-state index contributed by atoms with van der Waals surface area (Å²) in [5, 5.41) is 3.20. The van der Waals surface area contributed by atoms with Gasteiger partial charge < -0.3 is 10.2 Å². The van der Waals surface area contributed by atoms with Crippen molar-refractivity contribution >= 4 is 21.7 Å². The summed E-state index contributed by atoms with van der Waals surface area (Å²) in [5.74, 6) is 0.891. The number of carbonyl (C=O) groups excluding carboxylic acids is 1. The number of aromatic nitrogens is 1. The van der Waals surface area contributed by atoms with E-state index < -0.39 is 10.0 Å². The van der Waals surface area contributed by atoms with Crippen LogP contribution in [0.25, 0.3) is 0 Å². The molecule has 4 heterocycles. The number of piperidine rings is 1. The summed E-state index contributed by atoms with van der Waals surface area (Å²) in [6.07, 6.45) is 8.07. The third kappa shape index (κ3) is 3.32. The van der Waals surface area contributed by atoms with Crippen molar-refractivity contribution in [3.63, 3.8) is 0 Å². The summed E-state index contributed by atoms with van der Waals surface area (Å²) in [7, 11) is -3.17. The quantitative estimate of drug-likeness (QED) is 0.849. The molecule has 7 nitrogen and oxygen atoms in total. The fourth-order valence-electron chi connectivity index (χ4n) is 4.93. The maximum absolute atomic E-state index is 12.9. The molecular formula is C18H26N4O3S. The predicted molar refractivity (Wildman–Crippen MR) is 99.3 cm³/mol. The Morgan fingerprint density at radius 1 is 1.19 bits per heavy atom. The van der Waals surface area contributed by atoms with Gasteiger partial charge in [-0.05, 0) is 50.7 Å². The van der Waals surface area contributed by atoms with Gasteiger partial charge in [0, 0.05) is 30.9 Å². The molecule has 4 rings (SSSR count). The molecule has 3 unspecified atom stereocenters. The van der Waals surface area contributed by atoms with Crippen molar-refractivity contribution in [1.29, 1.82) is 0 Å². The Bertz CT molecular complexity index is 756. The number of fused-ring (bicyclic) bond motifs is 2. The van der Waals surface area contributed by atoms with Crippen LogP contribution in [0.15, 0.2) is 24.4 Å². The first kappa shape index (κ1) is 17.7. The number of pyridine rings is 1. The molecule has 3 fully saturated rings. The van der Waals surface area contributed by atoms with Gasteiger partial charge in [-0.15, -0.1) is 0 Å². The number of nitrogens with one attached hydrogen (secondary N) is 1. The number of sulfonamides is 1. The van der Waals surface area contributed by atoms with E-state index >= 15 is 0 Å². The third-order valence-corrected chi connectivity index (χ3v) is 7.26. The highest BCUT2D eigenvalue weighted by molar-refractivity contribution is 7.88. The Balaban J connectivity index is 1.42. The first-order chi connectivity index (χ1) is 12.4. The lowest BCUT2D eigenvalue weighted by Gasteiger charge is -2.38. The Hall–Kier alpha value is -1.67. The van der Waals surface area contributed by atoms with Crippen LogP contribution < -0.4 is 10.2 Å². The lowest BCUT2D eigenvalue weighted by molar-refractivity contribution is -0.123. The molecule has 3 aliphatic heterocycles. The van der Waals surface area contributed by atoms with Crippen LogP contribution in [0, 0.1) is 0 Å². The van der Waals surface area contributed by atoms with Crippen LogP contribution in [0.5, 0.6) is 0 Å². The number of amides is 1. The van der Waals surface area contributed by atoms with Gasteiger partial charge >= 0.3 is 0 Å². The van der Waals surface area contributed by atoms with Crippen molar-refractivity contribution in [2.75, 3.05) is 17.7 Å². The standard InChI is InChI=1S/C18H26N4O3S/c1-26(24,25)22-14-7-8-15(22)12-13(11-14)20-18(23)16-5-4-10-21(16)17-6-2-3-9-19-17/h2-3,6,9,13-16H,4-5,7-8,10-12H2,1H3,(H,20,23). The summed E-state index contributed by atoms with van der Waals surface area (Å²) in [5.41, 5.74) is 0. The van der Waals surface area contributed by atoms with E-state index in [0.717, 1.165) is 38.0 Å². The van der Waals surface area contributed by atoms with Crippen molar-refractivity contribution in [2.24, 2.45) is 0 Å². The topological polar surface area (TPSA) is 82.6 Å². The Kier molecular flexibility index (Phi) is 4.64. The molecule has 8 heteroatoms. The zero-order chi connectivity index (χ0) is 18.3. The van der Waals surface area contributed by atoms with Crippen LogP contribution in [0.3, 0.4) is 0 Å². The van der Waals surface area contributed by atoms with Crippen LogP contribution in [-0.4, -0.2) is 60.6 Å². The molecule has 0 radical (unpaired) electrons. The van der Waals surface area contributed by atoms with Gasteiger partial charge in [0.2, 0.25) is 15.9 Å². The van der Waals surface area contributed by atoms with Crippen molar-refractivity contribution in [1.82, 2.24) is 14.6 Å². The highest BCUT2D eigenvalue weighted by Crippen LogP contribution is 2.37. The van der Waals surface area contributed by atoms with E-state index in [4.69, 9.17) is 0 Å². The van der Waals surface area contributed by atoms with Crippen molar-refractivity contribution in [3.05, 3.63) is 24.4 Å². The van der Waals surface area contributed by atoms with Gasteiger partial charge in [-0.3, -0.25) is 4.79 Å². The van der Waals surface area contributed by atoms with Crippen molar-refractivity contribution < 1.29 is 13.2 Å². The van der Waals surface area contributed by atoms with E-state index in [1.807, 2.05) is 18.2 Å². The molecule has 1 amide bonds. The first-order valence-corrected chi connectivity index (χ1v) is 11.2. The molecule has 2 bridgehead atoms. The SMILES string of the molecule is CS(=O)(=O)N1C2CCC1CC(NC(=O)C1CCCN1c1ccccn1)C2. The van der Waals surface area contributed by atoms with Crippen LogP contribution in [0.2, 0.25) is 0 Å². The molecule has 0 aliphatic carbocycles. The van der Waals surface area contributed by atoms with Gasteiger partial charge in [-0.2, -0.15) is 4.31 Å². The minimum absolute atomic E-state index is 0.0320. The Labute approximate surface area is 154 Å². The van der Waals surface area contributed by atoms with Crippen LogP contribution in [-0.2, 0) is 14.8 Å². The van der Waals surface area contributed by atoms with E-state index in [0.29, 0.717) is 12.8 Å². The Morgan fingerprint density at radius 3 is 2.54 bits per heavy atom. The second-order valence-corrected chi connectivity index (χ2v) is 9.58. The van der Waals surface area contributed by atoms with Crippen LogP contribution in [0.1, 0.15) is 38.5 Å². The maximum atomic E-state index is 12.9. The summed E-state index contributed by atoms with van der Waals surface area (Å²) < 4.78 is 25.7. The molecule has 3 aliphatic rings. The zero-order valence-corrected chi connectivity index (χ0v) is 15.9.